The molecule has 0 aromatic heterocycles. The summed E-state index contributed by atoms with van der Waals surface area (Å²) in [5, 5.41) is 11.0. The van der Waals surface area contributed by atoms with Gasteiger partial charge in [-0.25, -0.2) is 8.42 Å². The molecular formula is C22H38N3O4S+. The molecule has 0 atom stereocenters. The fourth-order valence-corrected chi connectivity index (χ4v) is 5.67. The molecule has 2 rings (SSSR count). The van der Waals surface area contributed by atoms with Crippen LogP contribution in [0.15, 0.2) is 24.3 Å². The summed E-state index contributed by atoms with van der Waals surface area (Å²) >= 11 is 0. The van der Waals surface area contributed by atoms with Gasteiger partial charge in [-0.15, -0.1) is 0 Å². The van der Waals surface area contributed by atoms with Gasteiger partial charge in [-0.2, -0.15) is 4.31 Å². The van der Waals surface area contributed by atoms with Gasteiger partial charge in [0.05, 0.1) is 43.9 Å². The maximum atomic E-state index is 12.7. The van der Waals surface area contributed by atoms with Gasteiger partial charge in [-0.05, 0) is 6.42 Å². The highest BCUT2D eigenvalue weighted by molar-refractivity contribution is 7.89. The summed E-state index contributed by atoms with van der Waals surface area (Å²) < 4.78 is 27.7. The van der Waals surface area contributed by atoms with Crippen LogP contribution in [-0.2, 0) is 16.6 Å². The second-order valence-electron chi connectivity index (χ2n) is 8.84. The molecule has 1 aliphatic heterocycles. The van der Waals surface area contributed by atoms with E-state index in [4.69, 9.17) is 0 Å². The van der Waals surface area contributed by atoms with E-state index in [0.29, 0.717) is 24.1 Å². The predicted molar refractivity (Wildman–Crippen MR) is 121 cm³/mol. The van der Waals surface area contributed by atoms with Crippen molar-refractivity contribution in [2.75, 3.05) is 39.0 Å². The number of nitrogens with zero attached hydrogens (tertiary/aromatic N) is 3. The van der Waals surface area contributed by atoms with Crippen LogP contribution in [0.25, 0.3) is 0 Å². The van der Waals surface area contributed by atoms with Gasteiger partial charge in [-0.1, -0.05) is 64.0 Å². The quantitative estimate of drug-likeness (QED) is 0.198. The van der Waals surface area contributed by atoms with Crippen molar-refractivity contribution < 1.29 is 17.8 Å². The number of sulfonamides is 1. The molecule has 0 aliphatic carbocycles. The molecule has 30 heavy (non-hydrogen) atoms. The van der Waals surface area contributed by atoms with Gasteiger partial charge in [-0.3, -0.25) is 10.1 Å². The Morgan fingerprint density at radius 3 is 2.23 bits per heavy atom. The second kappa shape index (κ2) is 11.8. The maximum Gasteiger partial charge on any atom is 0.269 e. The molecular weight excluding hydrogens is 402 g/mol. The fourth-order valence-electron chi connectivity index (χ4n) is 4.12. The summed E-state index contributed by atoms with van der Waals surface area (Å²) in [5.74, 6) is 0.247. The Kier molecular flexibility index (Phi) is 9.71. The van der Waals surface area contributed by atoms with Gasteiger partial charge in [0.15, 0.2) is 0 Å². The predicted octanol–water partition coefficient (Wildman–Crippen LogP) is 4.33. The van der Waals surface area contributed by atoms with E-state index in [9.17, 15) is 18.5 Å². The third-order valence-electron chi connectivity index (χ3n) is 6.11. The first-order chi connectivity index (χ1) is 14.3. The van der Waals surface area contributed by atoms with Crippen LogP contribution in [0.2, 0.25) is 0 Å². The average Bonchev–Trinajstić information content (AvgIpc) is 2.70. The Bertz CT molecular complexity index is 774. The van der Waals surface area contributed by atoms with Crippen LogP contribution in [0.5, 0.6) is 0 Å². The number of nitro benzene ring substituents is 1. The van der Waals surface area contributed by atoms with Crippen molar-refractivity contribution in [2.45, 2.75) is 64.8 Å². The highest BCUT2D eigenvalue weighted by Crippen LogP contribution is 2.21. The summed E-state index contributed by atoms with van der Waals surface area (Å²) in [6.45, 7) is 5.36. The van der Waals surface area contributed by atoms with Crippen LogP contribution in [0.3, 0.4) is 0 Å². The van der Waals surface area contributed by atoms with Gasteiger partial charge in [0.2, 0.25) is 10.0 Å². The van der Waals surface area contributed by atoms with Crippen molar-refractivity contribution in [3.63, 3.8) is 0 Å². The zero-order valence-electron chi connectivity index (χ0n) is 18.6. The fraction of sp³-hybridized carbons (Fsp3) is 0.727. The van der Waals surface area contributed by atoms with E-state index in [0.717, 1.165) is 37.9 Å². The van der Waals surface area contributed by atoms with Crippen LogP contribution in [0, 0.1) is 10.1 Å². The van der Waals surface area contributed by atoms with Crippen molar-refractivity contribution in [1.29, 1.82) is 0 Å². The largest absolute Gasteiger partial charge is 0.320 e. The Balaban J connectivity index is 1.75. The standard InChI is InChI=1S/C22H38N3O4S/c1-3-4-5-6-7-8-9-10-18-30(28,29)23-14-16-25(2,17-15-23)20-21-12-11-13-22(19-21)24(26)27/h11-13,19H,3-10,14-18,20H2,1-2H3/q+1. The third-order valence-corrected chi connectivity index (χ3v) is 8.07. The Morgan fingerprint density at radius 1 is 1.03 bits per heavy atom. The van der Waals surface area contributed by atoms with Gasteiger partial charge >= 0.3 is 0 Å². The first-order valence-corrected chi connectivity index (χ1v) is 12.9. The molecule has 7 nitrogen and oxygen atoms in total. The average molecular weight is 441 g/mol. The molecule has 1 saturated heterocycles. The summed E-state index contributed by atoms with van der Waals surface area (Å²) in [6.07, 6.45) is 9.14. The van der Waals surface area contributed by atoms with Crippen LogP contribution >= 0.6 is 0 Å². The lowest BCUT2D eigenvalue weighted by Crippen LogP contribution is -2.57. The minimum atomic E-state index is -3.19. The van der Waals surface area contributed by atoms with Gasteiger partial charge in [0.25, 0.3) is 5.69 Å². The lowest BCUT2D eigenvalue weighted by molar-refractivity contribution is -0.925. The molecule has 0 N–H and O–H groups in total. The van der Waals surface area contributed by atoms with Crippen molar-refractivity contribution >= 4 is 15.7 Å². The summed E-state index contributed by atoms with van der Waals surface area (Å²) in [5.41, 5.74) is 1.02. The lowest BCUT2D eigenvalue weighted by atomic mass is 10.1. The number of likely N-dealkylation sites (N-methyl/N-ethyl adjacent to an activating group) is 1. The van der Waals surface area contributed by atoms with Crippen LogP contribution in [0.4, 0.5) is 5.69 Å². The third kappa shape index (κ3) is 7.96. The van der Waals surface area contributed by atoms with Crippen molar-refractivity contribution in [3.8, 4) is 0 Å². The van der Waals surface area contributed by atoms with Crippen LogP contribution in [0.1, 0.15) is 63.9 Å². The number of quaternary nitrogens is 1. The number of non-ortho nitro benzene ring substituents is 1. The van der Waals surface area contributed by atoms with E-state index in [1.807, 2.05) is 6.07 Å². The summed E-state index contributed by atoms with van der Waals surface area (Å²) in [7, 11) is -1.09. The molecule has 0 amide bonds. The number of benzene rings is 1. The van der Waals surface area contributed by atoms with E-state index in [1.54, 1.807) is 16.4 Å². The highest BCUT2D eigenvalue weighted by Gasteiger charge is 2.34. The molecule has 1 aliphatic rings. The van der Waals surface area contributed by atoms with Gasteiger partial charge in [0, 0.05) is 17.7 Å². The number of unbranched alkanes of at least 4 members (excludes halogenated alkanes) is 7. The number of piperazine rings is 1. The van der Waals surface area contributed by atoms with Crippen molar-refractivity contribution in [3.05, 3.63) is 39.9 Å². The molecule has 0 unspecified atom stereocenters. The molecule has 8 heteroatoms. The van der Waals surface area contributed by atoms with E-state index in [2.05, 4.69) is 14.0 Å². The number of hydrogen-bond donors (Lipinski definition) is 0. The van der Waals surface area contributed by atoms with E-state index in [-0.39, 0.29) is 16.4 Å². The summed E-state index contributed by atoms with van der Waals surface area (Å²) in [4.78, 5) is 10.6. The van der Waals surface area contributed by atoms with Crippen LogP contribution < -0.4 is 0 Å². The van der Waals surface area contributed by atoms with Crippen molar-refractivity contribution in [2.24, 2.45) is 0 Å². The van der Waals surface area contributed by atoms with Crippen molar-refractivity contribution in [1.82, 2.24) is 4.31 Å². The molecule has 170 valence electrons. The molecule has 0 spiro atoms. The first-order valence-electron chi connectivity index (χ1n) is 11.3. The van der Waals surface area contributed by atoms with E-state index >= 15 is 0 Å². The Morgan fingerprint density at radius 2 is 1.63 bits per heavy atom. The normalized spacial score (nSPS) is 17.1. The molecule has 0 radical (unpaired) electrons. The number of rotatable bonds is 13. The maximum absolute atomic E-state index is 12.7. The second-order valence-corrected chi connectivity index (χ2v) is 10.9. The minimum Gasteiger partial charge on any atom is -0.320 e. The summed E-state index contributed by atoms with van der Waals surface area (Å²) in [6, 6.07) is 6.74. The molecule has 0 bridgehead atoms. The smallest absolute Gasteiger partial charge is 0.269 e. The molecule has 1 aromatic rings. The number of hydrogen-bond acceptors (Lipinski definition) is 4. The molecule has 0 saturated carbocycles. The minimum absolute atomic E-state index is 0.102. The number of nitro groups is 1. The van der Waals surface area contributed by atoms with Crippen LogP contribution in [-0.4, -0.2) is 61.1 Å². The zero-order valence-corrected chi connectivity index (χ0v) is 19.4. The Labute approximate surface area is 181 Å². The Hall–Kier alpha value is -1.51. The topological polar surface area (TPSA) is 80.5 Å². The highest BCUT2D eigenvalue weighted by atomic mass is 32.2. The monoisotopic (exact) mass is 440 g/mol. The molecule has 1 fully saturated rings. The molecule has 1 aromatic carbocycles. The first kappa shape index (κ1) is 24.8. The van der Waals surface area contributed by atoms with Gasteiger partial charge in [0.1, 0.15) is 6.54 Å². The zero-order chi connectivity index (χ0) is 22.0. The molecule has 1 heterocycles. The van der Waals surface area contributed by atoms with E-state index < -0.39 is 10.0 Å². The van der Waals surface area contributed by atoms with E-state index in [1.165, 1.54) is 38.2 Å². The lowest BCUT2D eigenvalue weighted by Gasteiger charge is -2.41. The SMILES string of the molecule is CCCCCCCCCCS(=O)(=O)N1CC[N+](C)(Cc2cccc([N+](=O)[O-])c2)CC1. The van der Waals surface area contributed by atoms with Gasteiger partial charge < -0.3 is 4.48 Å².